The van der Waals surface area contributed by atoms with Gasteiger partial charge in [-0.1, -0.05) is 13.8 Å². The Morgan fingerprint density at radius 1 is 1.02 bits per heavy atom. The number of nitrogens with one attached hydrogen (secondary N) is 1. The van der Waals surface area contributed by atoms with Crippen LogP contribution in [0.5, 0.6) is 0 Å². The molecule has 1 aromatic heterocycles. The smallest absolute Gasteiger partial charge is 0.433 e. The molecule has 0 aliphatic heterocycles. The summed E-state index contributed by atoms with van der Waals surface area (Å²) < 4.78 is 72.0. The van der Waals surface area contributed by atoms with E-state index >= 15 is 4.39 Å². The van der Waals surface area contributed by atoms with E-state index in [4.69, 9.17) is 0 Å². The van der Waals surface area contributed by atoms with Gasteiger partial charge in [-0.2, -0.15) is 18.2 Å². The highest BCUT2D eigenvalue weighted by Gasteiger charge is 2.37. The van der Waals surface area contributed by atoms with Gasteiger partial charge in [-0.05, 0) is 106 Å². The summed E-state index contributed by atoms with van der Waals surface area (Å²) in [6.07, 6.45) is -4.81. The zero-order valence-electron chi connectivity index (χ0n) is 26.9. The van der Waals surface area contributed by atoms with Gasteiger partial charge in [0.15, 0.2) is 5.69 Å². The van der Waals surface area contributed by atoms with Gasteiger partial charge in [-0.3, -0.25) is 14.2 Å². The quantitative estimate of drug-likeness (QED) is 0.228. The summed E-state index contributed by atoms with van der Waals surface area (Å²) in [5, 5.41) is 12.3. The van der Waals surface area contributed by atoms with Gasteiger partial charge in [0, 0.05) is 23.9 Å². The molecule has 1 heterocycles. The molecule has 0 aliphatic carbocycles. The van der Waals surface area contributed by atoms with Crippen LogP contribution < -0.4 is 11.0 Å². The first-order valence-electron chi connectivity index (χ1n) is 14.7. The highest BCUT2D eigenvalue weighted by atomic mass is 19.4. The summed E-state index contributed by atoms with van der Waals surface area (Å²) in [4.78, 5) is 43.8. The van der Waals surface area contributed by atoms with Crippen LogP contribution in [0.2, 0.25) is 0 Å². The highest BCUT2D eigenvalue weighted by molar-refractivity contribution is 5.82. The van der Waals surface area contributed by atoms with E-state index in [0.29, 0.717) is 22.3 Å². The monoisotopic (exact) mass is 650 g/mol. The van der Waals surface area contributed by atoms with Gasteiger partial charge in [0.25, 0.3) is 0 Å². The Balaban J connectivity index is 2.15. The molecule has 250 valence electrons. The van der Waals surface area contributed by atoms with Crippen molar-refractivity contribution in [2.75, 3.05) is 20.6 Å². The lowest BCUT2D eigenvalue weighted by molar-refractivity contribution is -0.142. The summed E-state index contributed by atoms with van der Waals surface area (Å²) in [5.74, 6) is -3.71. The van der Waals surface area contributed by atoms with E-state index < -0.39 is 59.6 Å². The van der Waals surface area contributed by atoms with Crippen molar-refractivity contribution in [3.05, 3.63) is 86.1 Å². The van der Waals surface area contributed by atoms with Crippen LogP contribution >= 0.6 is 0 Å². The molecular weight excluding hydrogens is 611 g/mol. The topological polar surface area (TPSA) is 105 Å². The van der Waals surface area contributed by atoms with Gasteiger partial charge >= 0.3 is 17.8 Å². The van der Waals surface area contributed by atoms with E-state index in [1.165, 1.54) is 31.2 Å². The lowest BCUT2D eigenvalue weighted by atomic mass is 9.90. The van der Waals surface area contributed by atoms with Crippen molar-refractivity contribution in [1.29, 1.82) is 0 Å². The lowest BCUT2D eigenvalue weighted by Crippen LogP contribution is -2.42. The number of likely N-dealkylation sites (N-methyl/N-ethyl adjacent to an activating group) is 1. The van der Waals surface area contributed by atoms with Crippen molar-refractivity contribution >= 4 is 11.9 Å². The molecule has 0 bridgehead atoms. The predicted molar refractivity (Wildman–Crippen MR) is 163 cm³/mol. The molecule has 0 fully saturated rings. The molecule has 3 rings (SSSR count). The maximum atomic E-state index is 15.7. The average Bonchev–Trinajstić information content (AvgIpc) is 2.90. The van der Waals surface area contributed by atoms with Crippen molar-refractivity contribution in [3.63, 3.8) is 0 Å². The molecule has 0 saturated carbocycles. The standard InChI is InChI=1S/C33H39F5N4O4/c1-17(2)10-26(42-16-21(8-9-41(6)7)30(33(36,37)38)40-32(42)46)31(45)39-25(15-27(43)44)24-14-22(11-20(5)29(24)35)28-18(3)12-23(34)13-19(28)4/h11-14,16-17,25-26H,8-10,15H2,1-7H3,(H,39,45)(H,43,44). The van der Waals surface area contributed by atoms with E-state index in [-0.39, 0.29) is 42.0 Å². The molecule has 0 radical (unpaired) electrons. The zero-order chi connectivity index (χ0) is 34.7. The molecule has 13 heteroatoms. The summed E-state index contributed by atoms with van der Waals surface area (Å²) >= 11 is 0. The largest absolute Gasteiger partial charge is 0.481 e. The second-order valence-corrected chi connectivity index (χ2v) is 12.3. The number of alkyl halides is 3. The van der Waals surface area contributed by atoms with Gasteiger partial charge in [-0.25, -0.2) is 13.6 Å². The summed E-state index contributed by atoms with van der Waals surface area (Å²) in [6.45, 7) is 8.51. The average molecular weight is 651 g/mol. The van der Waals surface area contributed by atoms with Crippen molar-refractivity contribution in [2.24, 2.45) is 5.92 Å². The van der Waals surface area contributed by atoms with Crippen molar-refractivity contribution in [2.45, 2.75) is 72.1 Å². The number of hydrogen-bond donors (Lipinski definition) is 2. The number of nitrogens with zero attached hydrogens (tertiary/aromatic N) is 3. The number of aromatic nitrogens is 2. The minimum Gasteiger partial charge on any atom is -0.481 e. The third-order valence-electron chi connectivity index (χ3n) is 7.60. The van der Waals surface area contributed by atoms with E-state index in [1.807, 2.05) is 0 Å². The summed E-state index contributed by atoms with van der Waals surface area (Å²) in [5.41, 5.74) is -0.739. The molecule has 0 aliphatic rings. The van der Waals surface area contributed by atoms with Gasteiger partial charge in [0.2, 0.25) is 5.91 Å². The summed E-state index contributed by atoms with van der Waals surface area (Å²) in [6, 6.07) is 2.76. The maximum absolute atomic E-state index is 15.7. The molecule has 1 amide bonds. The second-order valence-electron chi connectivity index (χ2n) is 12.3. The fraction of sp³-hybridized carbons (Fsp3) is 0.455. The van der Waals surface area contributed by atoms with Crippen LogP contribution in [0, 0.1) is 38.3 Å². The Morgan fingerprint density at radius 2 is 1.63 bits per heavy atom. The maximum Gasteiger partial charge on any atom is 0.433 e. The Morgan fingerprint density at radius 3 is 2.15 bits per heavy atom. The first-order chi connectivity index (χ1) is 21.3. The number of halogens is 5. The van der Waals surface area contributed by atoms with Crippen LogP contribution in [0.25, 0.3) is 11.1 Å². The Hall–Kier alpha value is -4.13. The Kier molecular flexibility index (Phi) is 11.5. The number of carboxylic acid groups (broad SMARTS) is 1. The number of carboxylic acids is 1. The number of carbonyl (C=O) groups excluding carboxylic acids is 1. The van der Waals surface area contributed by atoms with E-state index in [9.17, 15) is 37.1 Å². The SMILES string of the molecule is Cc1cc(-c2c(C)cc(F)cc2C)cc(C(CC(=O)O)NC(=O)C(CC(C)C)n2cc(CCN(C)C)c(C(F)(F)F)nc2=O)c1F. The number of rotatable bonds is 12. The van der Waals surface area contributed by atoms with Crippen LogP contribution in [0.3, 0.4) is 0 Å². The fourth-order valence-electron chi connectivity index (χ4n) is 5.54. The molecule has 2 aromatic carbocycles. The molecule has 2 N–H and O–H groups in total. The number of carbonyl (C=O) groups is 2. The number of aryl methyl sites for hydroxylation is 3. The van der Waals surface area contributed by atoms with Crippen LogP contribution in [0.4, 0.5) is 22.0 Å². The summed E-state index contributed by atoms with van der Waals surface area (Å²) in [7, 11) is 3.34. The van der Waals surface area contributed by atoms with Crippen LogP contribution in [0.15, 0.2) is 35.3 Å². The van der Waals surface area contributed by atoms with Crippen molar-refractivity contribution < 1.29 is 36.6 Å². The van der Waals surface area contributed by atoms with Crippen molar-refractivity contribution in [3.8, 4) is 11.1 Å². The molecule has 0 saturated heterocycles. The fourth-order valence-corrected chi connectivity index (χ4v) is 5.54. The van der Waals surface area contributed by atoms with Crippen LogP contribution in [0.1, 0.15) is 72.3 Å². The van der Waals surface area contributed by atoms with Gasteiger partial charge < -0.3 is 15.3 Å². The zero-order valence-corrected chi connectivity index (χ0v) is 26.9. The van der Waals surface area contributed by atoms with Crippen molar-refractivity contribution in [1.82, 2.24) is 19.8 Å². The molecular formula is C33H39F5N4O4. The van der Waals surface area contributed by atoms with E-state index in [1.54, 1.807) is 46.7 Å². The molecule has 2 unspecified atom stereocenters. The number of aliphatic carboxylic acids is 1. The normalized spacial score (nSPS) is 13.3. The molecule has 3 aromatic rings. The Labute approximate surface area is 264 Å². The van der Waals surface area contributed by atoms with E-state index in [2.05, 4.69) is 10.3 Å². The molecule has 8 nitrogen and oxygen atoms in total. The predicted octanol–water partition coefficient (Wildman–Crippen LogP) is 6.16. The highest BCUT2D eigenvalue weighted by Crippen LogP contribution is 2.35. The first-order valence-corrected chi connectivity index (χ1v) is 14.7. The number of benzene rings is 2. The van der Waals surface area contributed by atoms with Crippen LogP contribution in [-0.2, 0) is 22.2 Å². The third-order valence-corrected chi connectivity index (χ3v) is 7.60. The number of amides is 1. The van der Waals surface area contributed by atoms with E-state index in [0.717, 1.165) is 10.8 Å². The Bertz CT molecular complexity index is 1640. The molecule has 46 heavy (non-hydrogen) atoms. The third kappa shape index (κ3) is 8.77. The second kappa shape index (κ2) is 14.5. The van der Waals surface area contributed by atoms with Gasteiger partial charge in [0.1, 0.15) is 17.7 Å². The minimum atomic E-state index is -4.91. The first kappa shape index (κ1) is 36.3. The molecule has 2 atom stereocenters. The van der Waals surface area contributed by atoms with Gasteiger partial charge in [-0.15, -0.1) is 0 Å². The number of hydrogen-bond acceptors (Lipinski definition) is 5. The lowest BCUT2D eigenvalue weighted by Gasteiger charge is -2.26. The van der Waals surface area contributed by atoms with Gasteiger partial charge in [0.05, 0.1) is 12.5 Å². The van der Waals surface area contributed by atoms with Crippen LogP contribution in [-0.4, -0.2) is 52.1 Å². The molecule has 0 spiro atoms. The minimum absolute atomic E-state index is 0.0127.